The zero-order chi connectivity index (χ0) is 16.6. The maximum atomic E-state index is 8.76. The van der Waals surface area contributed by atoms with Crippen LogP contribution in [0.3, 0.4) is 0 Å². The molecule has 0 aromatic heterocycles. The van der Waals surface area contributed by atoms with E-state index in [9.17, 15) is 0 Å². The van der Waals surface area contributed by atoms with Crippen molar-refractivity contribution < 1.29 is 27.9 Å². The first-order chi connectivity index (χ1) is 9.54. The molecular formula is C12H32O6Si3. The molecule has 21 heavy (non-hydrogen) atoms. The monoisotopic (exact) mass is 356 g/mol. The molecule has 0 bridgehead atoms. The van der Waals surface area contributed by atoms with E-state index in [4.69, 9.17) is 27.9 Å². The van der Waals surface area contributed by atoms with Gasteiger partial charge in [0.25, 0.3) is 0 Å². The molecule has 0 aromatic carbocycles. The van der Waals surface area contributed by atoms with Gasteiger partial charge in [0.2, 0.25) is 16.6 Å². The molecule has 0 atom stereocenters. The molecule has 0 rings (SSSR count). The summed E-state index contributed by atoms with van der Waals surface area (Å²) in [6.45, 7) is 13.2. The van der Waals surface area contributed by atoms with Crippen molar-refractivity contribution in [2.24, 2.45) is 0 Å². The summed E-state index contributed by atoms with van der Waals surface area (Å²) in [6, 6.07) is 0. The molecule has 0 fully saturated rings. The predicted molar refractivity (Wildman–Crippen MR) is 90.4 cm³/mol. The smallest absolute Gasteiger partial charge is 0.311 e. The van der Waals surface area contributed by atoms with Crippen molar-refractivity contribution in [2.75, 3.05) is 38.9 Å². The standard InChI is InChI=1S/C12H32O6Si3/c1-19(2,11-15-9-7-13)17-21(5,6)18-20(3,4)12-16-10-8-14/h13-14H,7-12H2,1-6H3. The largest absolute Gasteiger partial charge is 0.435 e. The molecule has 0 aliphatic heterocycles. The minimum Gasteiger partial charge on any atom is -0.435 e. The van der Waals surface area contributed by atoms with Crippen LogP contribution in [0.1, 0.15) is 0 Å². The van der Waals surface area contributed by atoms with Crippen molar-refractivity contribution in [3.05, 3.63) is 0 Å². The topological polar surface area (TPSA) is 77.4 Å². The Bertz CT molecular complexity index is 260. The maximum Gasteiger partial charge on any atom is 0.311 e. The number of aliphatic hydroxyl groups excluding tert-OH is 2. The molecule has 0 unspecified atom stereocenters. The number of rotatable bonds is 12. The molecule has 0 aromatic rings. The van der Waals surface area contributed by atoms with Gasteiger partial charge in [0, 0.05) is 0 Å². The number of ether oxygens (including phenoxy) is 2. The third kappa shape index (κ3) is 11.6. The van der Waals surface area contributed by atoms with Crippen molar-refractivity contribution >= 4 is 25.2 Å². The fourth-order valence-electron chi connectivity index (χ4n) is 2.18. The van der Waals surface area contributed by atoms with E-state index in [2.05, 4.69) is 39.3 Å². The summed E-state index contributed by atoms with van der Waals surface area (Å²) in [5, 5.41) is 17.5. The van der Waals surface area contributed by atoms with Crippen LogP contribution in [0.25, 0.3) is 0 Å². The fraction of sp³-hybridized carbons (Fsp3) is 1.00. The molecule has 0 aliphatic carbocycles. The van der Waals surface area contributed by atoms with Crippen molar-refractivity contribution in [3.8, 4) is 0 Å². The van der Waals surface area contributed by atoms with E-state index in [1.807, 2.05) is 0 Å². The number of hydrogen-bond acceptors (Lipinski definition) is 6. The lowest BCUT2D eigenvalue weighted by molar-refractivity contribution is 0.111. The predicted octanol–water partition coefficient (Wildman–Crippen LogP) is 1.23. The van der Waals surface area contributed by atoms with E-state index in [1.54, 1.807) is 0 Å². The minimum absolute atomic E-state index is 0.0317. The first kappa shape index (κ1) is 21.4. The highest BCUT2D eigenvalue weighted by Crippen LogP contribution is 2.21. The van der Waals surface area contributed by atoms with E-state index < -0.39 is 25.2 Å². The lowest BCUT2D eigenvalue weighted by Crippen LogP contribution is -2.55. The lowest BCUT2D eigenvalue weighted by atomic mass is 10.8. The minimum atomic E-state index is -2.26. The van der Waals surface area contributed by atoms with Gasteiger partial charge >= 0.3 is 8.56 Å². The van der Waals surface area contributed by atoms with Gasteiger partial charge in [-0.1, -0.05) is 0 Å². The fourth-order valence-corrected chi connectivity index (χ4v) is 15.1. The highest BCUT2D eigenvalue weighted by atomic mass is 28.5. The Labute approximate surface area is 131 Å². The zero-order valence-corrected chi connectivity index (χ0v) is 17.3. The molecule has 2 N–H and O–H groups in total. The van der Waals surface area contributed by atoms with Crippen LogP contribution in [0.4, 0.5) is 0 Å². The molecule has 0 radical (unpaired) electrons. The summed E-state index contributed by atoms with van der Waals surface area (Å²) >= 11 is 0. The molecule has 0 aliphatic rings. The average molecular weight is 357 g/mol. The van der Waals surface area contributed by atoms with Crippen LogP contribution in [0.15, 0.2) is 0 Å². The van der Waals surface area contributed by atoms with Crippen molar-refractivity contribution in [3.63, 3.8) is 0 Å². The third-order valence-corrected chi connectivity index (χ3v) is 12.6. The quantitative estimate of drug-likeness (QED) is 0.404. The Kier molecular flexibility index (Phi) is 9.71. The van der Waals surface area contributed by atoms with Gasteiger partial charge in [-0.05, 0) is 39.3 Å². The maximum absolute atomic E-state index is 8.76. The molecule has 9 heteroatoms. The van der Waals surface area contributed by atoms with Gasteiger partial charge < -0.3 is 27.9 Å². The summed E-state index contributed by atoms with van der Waals surface area (Å²) < 4.78 is 23.4. The van der Waals surface area contributed by atoms with Gasteiger partial charge in [-0.25, -0.2) is 0 Å². The van der Waals surface area contributed by atoms with E-state index in [0.717, 1.165) is 0 Å². The Balaban J connectivity index is 4.38. The third-order valence-electron chi connectivity index (χ3n) is 2.41. The van der Waals surface area contributed by atoms with E-state index in [0.29, 0.717) is 25.7 Å². The van der Waals surface area contributed by atoms with Gasteiger partial charge in [-0.15, -0.1) is 0 Å². The van der Waals surface area contributed by atoms with Crippen molar-refractivity contribution in [1.82, 2.24) is 0 Å². The van der Waals surface area contributed by atoms with Gasteiger partial charge in [0.1, 0.15) is 0 Å². The van der Waals surface area contributed by atoms with Gasteiger partial charge in [0.15, 0.2) is 0 Å². The number of aliphatic hydroxyl groups is 2. The van der Waals surface area contributed by atoms with Crippen LogP contribution < -0.4 is 0 Å². The van der Waals surface area contributed by atoms with E-state index >= 15 is 0 Å². The zero-order valence-electron chi connectivity index (χ0n) is 14.3. The molecule has 0 spiro atoms. The Hall–Kier alpha value is 0.411. The second-order valence-electron chi connectivity index (χ2n) is 6.68. The molecule has 128 valence electrons. The Morgan fingerprint density at radius 1 is 0.667 bits per heavy atom. The van der Waals surface area contributed by atoms with Gasteiger partial charge in [0.05, 0.1) is 38.9 Å². The SMILES string of the molecule is C[Si](C)(COCCO)O[Si](C)(C)O[Si](C)(C)COCCO. The van der Waals surface area contributed by atoms with Crippen LogP contribution in [-0.2, 0) is 17.7 Å². The Morgan fingerprint density at radius 2 is 1.00 bits per heavy atom. The van der Waals surface area contributed by atoms with E-state index in [-0.39, 0.29) is 13.2 Å². The lowest BCUT2D eigenvalue weighted by Gasteiger charge is -2.38. The molecule has 0 saturated heterocycles. The summed E-state index contributed by atoms with van der Waals surface area (Å²) in [5.74, 6) is 0. The number of hydrogen-bond donors (Lipinski definition) is 2. The van der Waals surface area contributed by atoms with Crippen LogP contribution in [-0.4, -0.2) is 74.3 Å². The summed E-state index contributed by atoms with van der Waals surface area (Å²) in [7, 11) is -6.19. The van der Waals surface area contributed by atoms with Crippen LogP contribution in [0, 0.1) is 0 Å². The second-order valence-corrected chi connectivity index (χ2v) is 18.7. The average Bonchev–Trinajstić information content (AvgIpc) is 2.25. The van der Waals surface area contributed by atoms with Gasteiger partial charge in [-0.3, -0.25) is 0 Å². The first-order valence-electron chi connectivity index (χ1n) is 7.31. The van der Waals surface area contributed by atoms with Crippen LogP contribution >= 0.6 is 0 Å². The second kappa shape index (κ2) is 9.53. The van der Waals surface area contributed by atoms with E-state index in [1.165, 1.54) is 0 Å². The molecular weight excluding hydrogens is 324 g/mol. The van der Waals surface area contributed by atoms with Crippen LogP contribution in [0.5, 0.6) is 0 Å². The van der Waals surface area contributed by atoms with Crippen molar-refractivity contribution in [1.29, 1.82) is 0 Å². The summed E-state index contributed by atoms with van der Waals surface area (Å²) in [4.78, 5) is 0. The summed E-state index contributed by atoms with van der Waals surface area (Å²) in [5.41, 5.74) is 0. The van der Waals surface area contributed by atoms with Crippen molar-refractivity contribution in [2.45, 2.75) is 39.3 Å². The van der Waals surface area contributed by atoms with Gasteiger partial charge in [-0.2, -0.15) is 0 Å². The molecule has 0 saturated carbocycles. The molecule has 0 heterocycles. The molecule has 6 nitrogen and oxygen atoms in total. The summed E-state index contributed by atoms with van der Waals surface area (Å²) in [6.07, 6.45) is 1.10. The first-order valence-corrected chi connectivity index (χ1v) is 16.4. The Morgan fingerprint density at radius 3 is 1.29 bits per heavy atom. The molecule has 0 amide bonds. The normalized spacial score (nSPS) is 13.7. The highest BCUT2D eigenvalue weighted by molar-refractivity contribution is 6.87. The van der Waals surface area contributed by atoms with Crippen LogP contribution in [0.2, 0.25) is 39.3 Å². The highest BCUT2D eigenvalue weighted by Gasteiger charge is 2.40.